The van der Waals surface area contributed by atoms with Gasteiger partial charge in [0.05, 0.1) is 51.4 Å². The second-order valence-corrected chi connectivity index (χ2v) is 19.3. The Hall–Kier alpha value is -6.02. The summed E-state index contributed by atoms with van der Waals surface area (Å²) in [6.45, 7) is 2.13. The van der Waals surface area contributed by atoms with Crippen LogP contribution in [0.1, 0.15) is 66.5 Å². The van der Waals surface area contributed by atoms with Crippen LogP contribution < -0.4 is 20.9 Å². The predicted octanol–water partition coefficient (Wildman–Crippen LogP) is 7.09. The maximum atomic E-state index is 16.3. The number of nitrogens with one attached hydrogen (secondary N) is 1. The molecule has 6 aromatic rings. The molecule has 9 rings (SSSR count). The Labute approximate surface area is 381 Å². The second kappa shape index (κ2) is 16.0. The van der Waals surface area contributed by atoms with Crippen LogP contribution in [0.5, 0.6) is 0 Å². The number of nitrogens with two attached hydrogens (primary N) is 1. The van der Waals surface area contributed by atoms with Gasteiger partial charge in [0.2, 0.25) is 15.9 Å². The number of alkyl halides is 8. The minimum absolute atomic E-state index is 0.0769. The Morgan fingerprint density at radius 3 is 2.26 bits per heavy atom. The number of anilines is 2. The molecule has 3 N–H and O–H groups in total. The first-order valence-corrected chi connectivity index (χ1v) is 22.8. The molecule has 2 aromatic carbocycles. The number of fused-ring (bicyclic) bond motifs is 5. The highest BCUT2D eigenvalue weighted by Crippen LogP contribution is 2.69. The molecule has 2 aliphatic carbocycles. The summed E-state index contributed by atoms with van der Waals surface area (Å²) in [7, 11) is -4.32. The molecule has 27 heteroatoms. The Morgan fingerprint density at radius 2 is 1.66 bits per heavy atom. The van der Waals surface area contributed by atoms with Crippen molar-refractivity contribution < 1.29 is 61.9 Å². The zero-order valence-corrected chi connectivity index (χ0v) is 36.9. The van der Waals surface area contributed by atoms with E-state index >= 15 is 22.4 Å². The SMILES string of the molecule is C[C@@H]1CN(c2ccc3c(=O)n(-c4ccc(Cl)c5c(NS(C)(=O)=O)nn(CC(F)(F)F)c45)c([C@@H](Cc4cc(F)cc(F)c4)C(C(N)=O)n4nc(C(F)(F)F)c5c4C(F)(F)[C@@H]4C[C@H]54)nc3n2)C[C@H](C)O1. The van der Waals surface area contributed by atoms with E-state index in [-0.39, 0.29) is 52.3 Å². The summed E-state index contributed by atoms with van der Waals surface area (Å²) in [5.41, 5.74) is -1.45. The maximum Gasteiger partial charge on any atom is 0.435 e. The molecule has 1 unspecified atom stereocenters. The standard InChI is InChI=1S/C41H35ClF10N10O5S/c1-16-13-59(14-17(2)67-16)27-7-4-21-35(54-27)55-37(61(38(21)64)26-6-5-25(42)29-31(26)60(15-39(45,46)47)57-36(29)58-68(3,65)66)23(10-18-8-19(43)11-20(44)9-18)30(34(53)63)62-33-28(32(56-62)41(50,51)52)22-12-24(22)40(33,48)49/h4-9,11,16-17,22-24,30H,10,12-15H2,1-3H3,(H2,53,63)(H,57,58)/t16-,17+,22-,23-,24+,30?/m0/s1. The molecule has 4 aromatic heterocycles. The molecular weight excluding hydrogens is 970 g/mol. The molecule has 0 spiro atoms. The Balaban J connectivity index is 1.41. The van der Waals surface area contributed by atoms with E-state index in [0.717, 1.165) is 24.3 Å². The van der Waals surface area contributed by atoms with Crippen molar-refractivity contribution in [2.24, 2.45) is 11.7 Å². The summed E-state index contributed by atoms with van der Waals surface area (Å²) in [6, 6.07) is 4.04. The molecule has 6 atom stereocenters. The molecule has 2 fully saturated rings. The molecule has 68 heavy (non-hydrogen) atoms. The van der Waals surface area contributed by atoms with Crippen molar-refractivity contribution in [1.29, 1.82) is 0 Å². The van der Waals surface area contributed by atoms with Crippen LogP contribution in [0.3, 0.4) is 0 Å². The number of nitrogens with zero attached hydrogens (tertiary/aromatic N) is 8. The van der Waals surface area contributed by atoms with Crippen molar-refractivity contribution in [3.05, 3.63) is 97.8 Å². The molecule has 1 aliphatic heterocycles. The quantitative estimate of drug-likeness (QED) is 0.127. The van der Waals surface area contributed by atoms with Gasteiger partial charge in [0.1, 0.15) is 41.6 Å². The number of aromatic nitrogens is 7. The van der Waals surface area contributed by atoms with Gasteiger partial charge >= 0.3 is 12.4 Å². The van der Waals surface area contributed by atoms with E-state index in [1.165, 1.54) is 12.1 Å². The van der Waals surface area contributed by atoms with E-state index in [1.807, 2.05) is 4.72 Å². The van der Waals surface area contributed by atoms with Crippen LogP contribution in [0.2, 0.25) is 5.02 Å². The lowest BCUT2D eigenvalue weighted by molar-refractivity contribution is -0.143. The van der Waals surface area contributed by atoms with Crippen LogP contribution >= 0.6 is 11.6 Å². The van der Waals surface area contributed by atoms with Crippen molar-refractivity contribution in [1.82, 2.24) is 34.1 Å². The number of halogens is 11. The van der Waals surface area contributed by atoms with Crippen molar-refractivity contribution in [3.63, 3.8) is 0 Å². The highest BCUT2D eigenvalue weighted by atomic mass is 35.5. The van der Waals surface area contributed by atoms with Crippen molar-refractivity contribution in [2.75, 3.05) is 29.0 Å². The first-order valence-electron chi connectivity index (χ1n) is 20.5. The lowest BCUT2D eigenvalue weighted by atomic mass is 9.89. The number of carbonyl (C=O) groups excluding carboxylic acids is 1. The zero-order chi connectivity index (χ0) is 49.3. The van der Waals surface area contributed by atoms with Crippen molar-refractivity contribution >= 4 is 61.1 Å². The molecule has 3 aliphatic rings. The molecule has 0 radical (unpaired) electrons. The van der Waals surface area contributed by atoms with Gasteiger partial charge in [-0.1, -0.05) is 11.6 Å². The van der Waals surface area contributed by atoms with Gasteiger partial charge in [-0.05, 0) is 74.6 Å². The summed E-state index contributed by atoms with van der Waals surface area (Å²) in [5.74, 6) is -14.7. The molecule has 0 bridgehead atoms. The Kier molecular flexibility index (Phi) is 11.1. The van der Waals surface area contributed by atoms with E-state index in [0.29, 0.717) is 16.9 Å². The first-order chi connectivity index (χ1) is 31.6. The number of benzene rings is 2. The largest absolute Gasteiger partial charge is 0.435 e. The molecule has 362 valence electrons. The number of hydrogen-bond donors (Lipinski definition) is 2. The third-order valence-corrected chi connectivity index (χ3v) is 12.8. The second-order valence-electron chi connectivity index (χ2n) is 17.2. The van der Waals surface area contributed by atoms with Crippen molar-refractivity contribution in [3.8, 4) is 5.69 Å². The smallest absolute Gasteiger partial charge is 0.372 e. The van der Waals surface area contributed by atoms with Gasteiger partial charge in [0.15, 0.2) is 17.2 Å². The summed E-state index contributed by atoms with van der Waals surface area (Å²) >= 11 is 6.53. The fourth-order valence-corrected chi connectivity index (χ4v) is 10.3. The molecular formula is C41H35ClF10N10O5S. The number of ether oxygens (including phenoxy) is 1. The minimum Gasteiger partial charge on any atom is -0.372 e. The van der Waals surface area contributed by atoms with Crippen molar-refractivity contribution in [2.45, 2.75) is 81.6 Å². The van der Waals surface area contributed by atoms with E-state index in [1.54, 1.807) is 18.7 Å². The monoisotopic (exact) mass is 1000 g/mol. The maximum absolute atomic E-state index is 16.3. The van der Waals surface area contributed by atoms with Gasteiger partial charge < -0.3 is 15.4 Å². The van der Waals surface area contributed by atoms with Crippen LogP contribution in [0.4, 0.5) is 55.5 Å². The van der Waals surface area contributed by atoms with Gasteiger partial charge in [-0.25, -0.2) is 31.8 Å². The summed E-state index contributed by atoms with van der Waals surface area (Å²) in [6.07, 6.45) is -11.8. The number of primary amides is 1. The molecule has 5 heterocycles. The average molecular weight is 1010 g/mol. The normalized spacial score (nSPS) is 21.2. The highest BCUT2D eigenvalue weighted by molar-refractivity contribution is 7.92. The Morgan fingerprint density at radius 1 is 1.00 bits per heavy atom. The number of morpholine rings is 1. The molecule has 15 nitrogen and oxygen atoms in total. The van der Waals surface area contributed by atoms with Gasteiger partial charge in [0, 0.05) is 30.6 Å². The Bertz CT molecular complexity index is 3220. The van der Waals surface area contributed by atoms with Gasteiger partial charge in [-0.3, -0.25) is 23.6 Å². The van der Waals surface area contributed by atoms with E-state index in [4.69, 9.17) is 22.1 Å². The van der Waals surface area contributed by atoms with E-state index < -0.39 is 150 Å². The van der Waals surface area contributed by atoms with Crippen LogP contribution in [0.25, 0.3) is 27.6 Å². The summed E-state index contributed by atoms with van der Waals surface area (Å²) in [4.78, 5) is 40.3. The van der Waals surface area contributed by atoms with Crippen LogP contribution in [0.15, 0.2) is 47.3 Å². The fourth-order valence-electron chi connectivity index (χ4n) is 9.52. The van der Waals surface area contributed by atoms with Gasteiger partial charge in [-0.2, -0.15) is 45.3 Å². The lowest BCUT2D eigenvalue weighted by Gasteiger charge is -2.36. The molecule has 1 saturated heterocycles. The lowest BCUT2D eigenvalue weighted by Crippen LogP contribution is -2.45. The van der Waals surface area contributed by atoms with Crippen LogP contribution in [-0.2, 0) is 44.6 Å². The third-order valence-electron chi connectivity index (χ3n) is 12.0. The third kappa shape index (κ3) is 8.36. The number of pyridine rings is 1. The zero-order valence-electron chi connectivity index (χ0n) is 35.3. The molecule has 1 amide bonds. The number of hydrogen-bond acceptors (Lipinski definition) is 10. The topological polar surface area (TPSA) is 185 Å². The number of carbonyl (C=O) groups is 1. The number of amides is 1. The summed E-state index contributed by atoms with van der Waals surface area (Å²) in [5, 5.41) is 6.07. The molecule has 1 saturated carbocycles. The first kappa shape index (κ1) is 47.1. The summed E-state index contributed by atoms with van der Waals surface area (Å²) < 4.78 is 184. The fraction of sp³-hybridized carbons (Fsp3) is 0.415. The number of sulfonamides is 1. The average Bonchev–Trinajstić information content (AvgIpc) is 3.71. The highest BCUT2D eigenvalue weighted by Gasteiger charge is 2.69. The number of rotatable bonds is 11. The van der Waals surface area contributed by atoms with Gasteiger partial charge in [0.25, 0.3) is 11.5 Å². The van der Waals surface area contributed by atoms with E-state index in [2.05, 4.69) is 20.2 Å². The van der Waals surface area contributed by atoms with Gasteiger partial charge in [-0.15, -0.1) is 0 Å². The van der Waals surface area contributed by atoms with Crippen LogP contribution in [0, 0.1) is 17.6 Å². The minimum atomic E-state index is -5.38. The predicted molar refractivity (Wildman–Crippen MR) is 223 cm³/mol. The van der Waals surface area contributed by atoms with Crippen LogP contribution in [-0.4, -0.2) is 86.2 Å². The van der Waals surface area contributed by atoms with E-state index in [9.17, 15) is 39.6 Å².